The number of hydrogen-bond donors (Lipinski definition) is 2. The number of aromatic carboxylic acids is 1. The maximum atomic E-state index is 13.1. The highest BCUT2D eigenvalue weighted by Crippen LogP contribution is 2.39. The Labute approximate surface area is 222 Å². The average molecular weight is 529 g/mol. The first kappa shape index (κ1) is 28.7. The number of nitrogens with zero attached hydrogens (tertiary/aromatic N) is 3. The number of aromatic nitrogens is 1. The number of rotatable bonds is 10. The monoisotopic (exact) mass is 528 g/mol. The van der Waals surface area contributed by atoms with Gasteiger partial charge in [0.25, 0.3) is 0 Å². The Morgan fingerprint density at radius 2 is 1.84 bits per heavy atom. The quantitative estimate of drug-likeness (QED) is 0.228. The first-order valence-electron chi connectivity index (χ1n) is 12.5. The summed E-state index contributed by atoms with van der Waals surface area (Å²) in [4.78, 5) is 42.2. The summed E-state index contributed by atoms with van der Waals surface area (Å²) >= 11 is 0. The van der Waals surface area contributed by atoms with Gasteiger partial charge in [-0.1, -0.05) is 12.8 Å². The molecular formula is C27H36N4O7. The van der Waals surface area contributed by atoms with Crippen LogP contribution < -0.4 is 15.0 Å². The number of nitrogens with one attached hydrogen (secondary N) is 1. The van der Waals surface area contributed by atoms with E-state index in [0.29, 0.717) is 17.2 Å². The van der Waals surface area contributed by atoms with Crippen LogP contribution in [0.3, 0.4) is 0 Å². The number of carboxylic acids is 1. The molecule has 206 valence electrons. The van der Waals surface area contributed by atoms with Crippen LogP contribution in [-0.4, -0.2) is 52.2 Å². The Morgan fingerprint density at radius 3 is 2.39 bits per heavy atom. The fourth-order valence-corrected chi connectivity index (χ4v) is 4.48. The Balaban J connectivity index is 2.03. The second kappa shape index (κ2) is 11.2. The maximum Gasteiger partial charge on any atom is 0.335 e. The summed E-state index contributed by atoms with van der Waals surface area (Å²) in [7, 11) is 1.42. The van der Waals surface area contributed by atoms with Crippen LogP contribution >= 0.6 is 0 Å². The molecule has 0 atom stereocenters. The van der Waals surface area contributed by atoms with Crippen LogP contribution in [0.4, 0.5) is 22.9 Å². The van der Waals surface area contributed by atoms with Crippen molar-refractivity contribution in [2.45, 2.75) is 71.9 Å². The van der Waals surface area contributed by atoms with Crippen LogP contribution in [-0.2, 0) is 9.53 Å². The molecule has 11 heteroatoms. The van der Waals surface area contributed by atoms with Gasteiger partial charge in [-0.25, -0.2) is 9.78 Å². The number of pyridine rings is 1. The highest BCUT2D eigenvalue weighted by Gasteiger charge is 2.39. The Hall–Kier alpha value is -3.89. The summed E-state index contributed by atoms with van der Waals surface area (Å²) < 4.78 is 11.0. The van der Waals surface area contributed by atoms with Crippen LogP contribution in [0.1, 0.15) is 70.7 Å². The normalized spacial score (nSPS) is 14.2. The van der Waals surface area contributed by atoms with Crippen molar-refractivity contribution in [3.05, 3.63) is 46.1 Å². The van der Waals surface area contributed by atoms with Gasteiger partial charge in [0.05, 0.1) is 28.7 Å². The fraction of sp³-hybridized carbons (Fsp3) is 0.519. The number of esters is 1. The minimum absolute atomic E-state index is 0.00930. The Kier molecular flexibility index (Phi) is 8.48. The van der Waals surface area contributed by atoms with E-state index in [-0.39, 0.29) is 35.6 Å². The van der Waals surface area contributed by atoms with Crippen LogP contribution in [0.5, 0.6) is 5.75 Å². The van der Waals surface area contributed by atoms with E-state index in [1.165, 1.54) is 25.4 Å². The minimum atomic E-state index is -1.09. The minimum Gasteiger partial charge on any atom is -0.495 e. The number of hydrogen-bond acceptors (Lipinski definition) is 9. The topological polar surface area (TPSA) is 144 Å². The molecule has 0 amide bonds. The number of methoxy groups -OCH3 is 1. The van der Waals surface area contributed by atoms with E-state index in [4.69, 9.17) is 9.47 Å². The van der Waals surface area contributed by atoms with Crippen molar-refractivity contribution in [2.75, 3.05) is 23.9 Å². The van der Waals surface area contributed by atoms with Crippen molar-refractivity contribution in [1.82, 2.24) is 4.98 Å². The molecule has 1 fully saturated rings. The van der Waals surface area contributed by atoms with E-state index in [1.54, 1.807) is 46.8 Å². The molecule has 3 rings (SSSR count). The molecule has 0 bridgehead atoms. The number of benzene rings is 1. The van der Waals surface area contributed by atoms with Gasteiger partial charge < -0.3 is 24.8 Å². The lowest BCUT2D eigenvalue weighted by atomic mass is 9.91. The van der Waals surface area contributed by atoms with E-state index >= 15 is 0 Å². The zero-order valence-corrected chi connectivity index (χ0v) is 22.7. The highest BCUT2D eigenvalue weighted by atomic mass is 16.6. The average Bonchev–Trinajstić information content (AvgIpc) is 3.36. The lowest BCUT2D eigenvalue weighted by Gasteiger charge is -2.37. The summed E-state index contributed by atoms with van der Waals surface area (Å²) in [6.45, 7) is 9.19. The summed E-state index contributed by atoms with van der Waals surface area (Å²) in [6.07, 6.45) is 4.86. The molecule has 38 heavy (non-hydrogen) atoms. The van der Waals surface area contributed by atoms with Crippen LogP contribution in [0.25, 0.3) is 0 Å². The first-order chi connectivity index (χ1) is 17.7. The van der Waals surface area contributed by atoms with Crippen LogP contribution in [0.15, 0.2) is 30.5 Å². The van der Waals surface area contributed by atoms with Gasteiger partial charge in [-0.3, -0.25) is 14.9 Å². The van der Waals surface area contributed by atoms with E-state index in [1.807, 2.05) is 4.90 Å². The zero-order chi connectivity index (χ0) is 28.3. The van der Waals surface area contributed by atoms with Crippen LogP contribution in [0.2, 0.25) is 0 Å². The van der Waals surface area contributed by atoms with Crippen molar-refractivity contribution in [3.8, 4) is 5.75 Å². The molecule has 0 unspecified atom stereocenters. The van der Waals surface area contributed by atoms with Gasteiger partial charge >= 0.3 is 17.6 Å². The van der Waals surface area contributed by atoms with Crippen molar-refractivity contribution in [2.24, 2.45) is 5.41 Å². The zero-order valence-electron chi connectivity index (χ0n) is 22.7. The third kappa shape index (κ3) is 6.90. The number of carbonyl (C=O) groups excluding carboxylic acids is 1. The molecule has 0 spiro atoms. The summed E-state index contributed by atoms with van der Waals surface area (Å²) in [5.41, 5.74) is -0.932. The van der Waals surface area contributed by atoms with Gasteiger partial charge in [-0.2, -0.15) is 0 Å². The van der Waals surface area contributed by atoms with E-state index in [0.717, 1.165) is 25.7 Å². The maximum absolute atomic E-state index is 13.1. The molecule has 1 heterocycles. The largest absolute Gasteiger partial charge is 0.495 e. The van der Waals surface area contributed by atoms with Crippen molar-refractivity contribution < 1.29 is 29.1 Å². The van der Waals surface area contributed by atoms with E-state index < -0.39 is 21.9 Å². The number of ether oxygens (including phenoxy) is 2. The van der Waals surface area contributed by atoms with Gasteiger partial charge in [0.1, 0.15) is 29.1 Å². The third-order valence-corrected chi connectivity index (χ3v) is 6.36. The van der Waals surface area contributed by atoms with Gasteiger partial charge in [-0.05, 0) is 65.7 Å². The summed E-state index contributed by atoms with van der Waals surface area (Å²) in [6, 6.07) is 5.95. The highest BCUT2D eigenvalue weighted by molar-refractivity contribution is 5.89. The molecule has 2 aromatic rings. The summed E-state index contributed by atoms with van der Waals surface area (Å²) in [5.74, 6) is -0.882. The lowest BCUT2D eigenvalue weighted by Crippen LogP contribution is -2.46. The molecular weight excluding hydrogens is 492 g/mol. The number of nitro groups is 1. The van der Waals surface area contributed by atoms with E-state index in [9.17, 15) is 24.8 Å². The molecule has 11 nitrogen and oxygen atoms in total. The lowest BCUT2D eigenvalue weighted by molar-refractivity contribution is -0.384. The molecule has 1 aliphatic carbocycles. The SMILES string of the molecule is COc1cc(C(=O)O)ccc1Nc1cc(N(CC(C)(C)C(=O)OC(C)(C)C)C2CCCC2)c([N+](=O)[O-])cn1. The molecule has 0 saturated heterocycles. The van der Waals surface area contributed by atoms with Gasteiger partial charge in [-0.15, -0.1) is 0 Å². The standard InChI is InChI=1S/C27H36N4O7/c1-26(2,3)38-25(34)27(4,5)16-30(18-9-7-8-10-18)20-14-23(28-15-21(20)31(35)36)29-19-12-11-17(24(32)33)13-22(19)37-6/h11-15,18H,7-10,16H2,1-6H3,(H,28,29)(H,32,33). The Morgan fingerprint density at radius 1 is 1.18 bits per heavy atom. The fourth-order valence-electron chi connectivity index (χ4n) is 4.48. The second-order valence-corrected chi connectivity index (χ2v) is 11.1. The molecule has 1 aromatic carbocycles. The molecule has 1 saturated carbocycles. The molecule has 1 aliphatic rings. The van der Waals surface area contributed by atoms with Crippen molar-refractivity contribution in [1.29, 1.82) is 0 Å². The van der Waals surface area contributed by atoms with Crippen LogP contribution in [0, 0.1) is 15.5 Å². The first-order valence-corrected chi connectivity index (χ1v) is 12.5. The van der Waals surface area contributed by atoms with Gasteiger partial charge in [0.15, 0.2) is 0 Å². The number of carboxylic acid groups (broad SMARTS) is 1. The third-order valence-electron chi connectivity index (χ3n) is 6.36. The predicted molar refractivity (Wildman–Crippen MR) is 143 cm³/mol. The second-order valence-electron chi connectivity index (χ2n) is 11.1. The number of carbonyl (C=O) groups is 2. The number of anilines is 3. The van der Waals surface area contributed by atoms with Crippen molar-refractivity contribution >= 4 is 34.8 Å². The Bertz CT molecular complexity index is 1200. The summed E-state index contributed by atoms with van der Waals surface area (Å²) in [5, 5.41) is 24.4. The molecule has 0 radical (unpaired) electrons. The molecule has 1 aromatic heterocycles. The van der Waals surface area contributed by atoms with E-state index in [2.05, 4.69) is 10.3 Å². The molecule has 0 aliphatic heterocycles. The molecule has 2 N–H and O–H groups in total. The van der Waals surface area contributed by atoms with Gasteiger partial charge in [0, 0.05) is 18.7 Å². The predicted octanol–water partition coefficient (Wildman–Crippen LogP) is 5.56. The van der Waals surface area contributed by atoms with Crippen molar-refractivity contribution in [3.63, 3.8) is 0 Å². The smallest absolute Gasteiger partial charge is 0.335 e. The van der Waals surface area contributed by atoms with Gasteiger partial charge in [0.2, 0.25) is 0 Å².